The van der Waals surface area contributed by atoms with Gasteiger partial charge in [-0.2, -0.15) is 5.26 Å². The van der Waals surface area contributed by atoms with Crippen LogP contribution in [0.15, 0.2) is 16.6 Å². The fourth-order valence-corrected chi connectivity index (χ4v) is 1.89. The van der Waals surface area contributed by atoms with Gasteiger partial charge in [-0.05, 0) is 35.3 Å². The van der Waals surface area contributed by atoms with Crippen molar-refractivity contribution < 1.29 is 14.6 Å². The highest BCUT2D eigenvalue weighted by Crippen LogP contribution is 2.36. The lowest BCUT2D eigenvalue weighted by Gasteiger charge is -2.15. The van der Waals surface area contributed by atoms with Crippen LogP contribution in [0, 0.1) is 11.3 Å². The van der Waals surface area contributed by atoms with E-state index in [1.165, 1.54) is 0 Å². The minimum absolute atomic E-state index is 0.196. The molecule has 0 aliphatic rings. The first kappa shape index (κ1) is 14.8. The van der Waals surface area contributed by atoms with E-state index in [1.807, 2.05) is 13.8 Å². The molecule has 0 fully saturated rings. The number of halogens is 1. The zero-order valence-corrected chi connectivity index (χ0v) is 12.0. The van der Waals surface area contributed by atoms with E-state index in [2.05, 4.69) is 22.0 Å². The van der Waals surface area contributed by atoms with Gasteiger partial charge >= 0.3 is 0 Å². The van der Waals surface area contributed by atoms with Crippen molar-refractivity contribution in [3.05, 3.63) is 22.2 Å². The lowest BCUT2D eigenvalue weighted by atomic mass is 10.2. The number of aliphatic hydroxyl groups is 1. The van der Waals surface area contributed by atoms with Crippen LogP contribution in [0.5, 0.6) is 11.5 Å². The number of rotatable bonds is 6. The zero-order chi connectivity index (χ0) is 13.5. The molecule has 0 bridgehead atoms. The van der Waals surface area contributed by atoms with Crippen molar-refractivity contribution >= 4 is 15.9 Å². The van der Waals surface area contributed by atoms with E-state index in [-0.39, 0.29) is 6.61 Å². The van der Waals surface area contributed by atoms with Crippen molar-refractivity contribution in [2.45, 2.75) is 26.4 Å². The Morgan fingerprint density at radius 3 is 2.67 bits per heavy atom. The molecule has 0 amide bonds. The van der Waals surface area contributed by atoms with E-state index in [0.717, 1.165) is 0 Å². The van der Waals surface area contributed by atoms with E-state index in [4.69, 9.17) is 14.7 Å². The maximum atomic E-state index is 9.50. The first-order valence-electron chi connectivity index (χ1n) is 5.79. The summed E-state index contributed by atoms with van der Waals surface area (Å²) in [5.74, 6) is 1.02. The monoisotopic (exact) mass is 313 g/mol. The summed E-state index contributed by atoms with van der Waals surface area (Å²) in [4.78, 5) is 0. The molecule has 0 saturated carbocycles. The normalized spacial score (nSPS) is 11.7. The molecule has 0 radical (unpaired) electrons. The molecule has 98 valence electrons. The van der Waals surface area contributed by atoms with Gasteiger partial charge in [-0.1, -0.05) is 6.92 Å². The largest absolute Gasteiger partial charge is 0.490 e. The Hall–Kier alpha value is -1.25. The lowest BCUT2D eigenvalue weighted by Crippen LogP contribution is -2.16. The maximum absolute atomic E-state index is 9.50. The van der Waals surface area contributed by atoms with Crippen molar-refractivity contribution in [2.24, 2.45) is 0 Å². The standard InChI is InChI=1S/C13H16BrNO3/c1-3-10(16)8-18-13-11(14)5-9(7-15)6-12(13)17-4-2/h5-6,10,16H,3-4,8H2,1-2H3/t10-/m0/s1. The minimum Gasteiger partial charge on any atom is -0.490 e. The summed E-state index contributed by atoms with van der Waals surface area (Å²) < 4.78 is 11.6. The third kappa shape index (κ3) is 3.90. The molecule has 0 aliphatic heterocycles. The van der Waals surface area contributed by atoms with Gasteiger partial charge in [0.25, 0.3) is 0 Å². The van der Waals surface area contributed by atoms with E-state index >= 15 is 0 Å². The lowest BCUT2D eigenvalue weighted by molar-refractivity contribution is 0.102. The van der Waals surface area contributed by atoms with Crippen molar-refractivity contribution in [2.75, 3.05) is 13.2 Å². The molecule has 0 saturated heterocycles. The number of aliphatic hydroxyl groups excluding tert-OH is 1. The molecule has 0 heterocycles. The molecule has 4 nitrogen and oxygen atoms in total. The van der Waals surface area contributed by atoms with Crippen LogP contribution >= 0.6 is 15.9 Å². The van der Waals surface area contributed by atoms with Gasteiger partial charge in [0, 0.05) is 6.07 Å². The predicted molar refractivity (Wildman–Crippen MR) is 71.8 cm³/mol. The molecule has 5 heteroatoms. The molecular formula is C13H16BrNO3. The Balaban J connectivity index is 2.97. The summed E-state index contributed by atoms with van der Waals surface area (Å²) in [5.41, 5.74) is 0.494. The fraction of sp³-hybridized carbons (Fsp3) is 0.462. The van der Waals surface area contributed by atoms with Gasteiger partial charge in [0.2, 0.25) is 0 Å². The van der Waals surface area contributed by atoms with E-state index in [0.29, 0.717) is 34.6 Å². The second-order valence-electron chi connectivity index (χ2n) is 3.70. The number of ether oxygens (including phenoxy) is 2. The summed E-state index contributed by atoms with van der Waals surface area (Å²) in [6, 6.07) is 5.34. The van der Waals surface area contributed by atoms with Crippen LogP contribution < -0.4 is 9.47 Å². The highest BCUT2D eigenvalue weighted by Gasteiger charge is 2.13. The molecule has 1 N–H and O–H groups in total. The third-order valence-corrected chi connectivity index (χ3v) is 2.92. The second-order valence-corrected chi connectivity index (χ2v) is 4.56. The van der Waals surface area contributed by atoms with Gasteiger partial charge in [-0.25, -0.2) is 0 Å². The summed E-state index contributed by atoms with van der Waals surface area (Å²) in [7, 11) is 0. The molecule has 0 spiro atoms. The zero-order valence-electron chi connectivity index (χ0n) is 10.4. The van der Waals surface area contributed by atoms with Crippen LogP contribution in [0.4, 0.5) is 0 Å². The summed E-state index contributed by atoms with van der Waals surface area (Å²) in [6.07, 6.45) is 0.111. The van der Waals surface area contributed by atoms with Gasteiger partial charge in [-0.15, -0.1) is 0 Å². The summed E-state index contributed by atoms with van der Waals surface area (Å²) >= 11 is 3.34. The molecule has 18 heavy (non-hydrogen) atoms. The minimum atomic E-state index is -0.512. The highest BCUT2D eigenvalue weighted by atomic mass is 79.9. The predicted octanol–water partition coefficient (Wildman–Crippen LogP) is 2.87. The van der Waals surface area contributed by atoms with Gasteiger partial charge in [0.05, 0.1) is 28.8 Å². The first-order valence-corrected chi connectivity index (χ1v) is 6.58. The average molecular weight is 314 g/mol. The number of hydrogen-bond acceptors (Lipinski definition) is 4. The highest BCUT2D eigenvalue weighted by molar-refractivity contribution is 9.10. The van der Waals surface area contributed by atoms with Crippen molar-refractivity contribution in [3.8, 4) is 17.6 Å². The molecular weight excluding hydrogens is 298 g/mol. The summed E-state index contributed by atoms with van der Waals surface area (Å²) in [5, 5.41) is 18.4. The smallest absolute Gasteiger partial charge is 0.175 e. The van der Waals surface area contributed by atoms with Crippen LogP contribution in [0.1, 0.15) is 25.8 Å². The number of benzene rings is 1. The van der Waals surface area contributed by atoms with E-state index < -0.39 is 6.10 Å². The Labute approximate surface area is 115 Å². The van der Waals surface area contributed by atoms with E-state index in [9.17, 15) is 5.11 Å². The molecule has 0 aliphatic carbocycles. The molecule has 1 aromatic carbocycles. The van der Waals surface area contributed by atoms with Gasteiger partial charge in [0.15, 0.2) is 11.5 Å². The SMILES string of the molecule is CCOc1cc(C#N)cc(Br)c1OC[C@@H](O)CC. The summed E-state index contributed by atoms with van der Waals surface area (Å²) in [6.45, 7) is 4.41. The van der Waals surface area contributed by atoms with Gasteiger partial charge in [0.1, 0.15) is 6.61 Å². The Morgan fingerprint density at radius 1 is 1.39 bits per heavy atom. The fourth-order valence-electron chi connectivity index (χ4n) is 1.33. The Morgan fingerprint density at radius 2 is 2.11 bits per heavy atom. The molecule has 1 aromatic rings. The maximum Gasteiger partial charge on any atom is 0.175 e. The van der Waals surface area contributed by atoms with Crippen LogP contribution in [-0.2, 0) is 0 Å². The van der Waals surface area contributed by atoms with Crippen LogP contribution in [0.25, 0.3) is 0 Å². The molecule has 0 aromatic heterocycles. The average Bonchev–Trinajstić information content (AvgIpc) is 2.37. The van der Waals surface area contributed by atoms with Crippen molar-refractivity contribution in [1.29, 1.82) is 5.26 Å². The van der Waals surface area contributed by atoms with Crippen LogP contribution in [0.3, 0.4) is 0 Å². The van der Waals surface area contributed by atoms with E-state index in [1.54, 1.807) is 12.1 Å². The Kier molecular flexibility index (Phi) is 5.96. The number of hydrogen-bond donors (Lipinski definition) is 1. The quantitative estimate of drug-likeness (QED) is 0.877. The number of nitrogens with zero attached hydrogens (tertiary/aromatic N) is 1. The first-order chi connectivity index (χ1) is 8.62. The Bertz CT molecular complexity index is 443. The van der Waals surface area contributed by atoms with Crippen LogP contribution in [-0.4, -0.2) is 24.4 Å². The van der Waals surface area contributed by atoms with Gasteiger partial charge < -0.3 is 14.6 Å². The van der Waals surface area contributed by atoms with Crippen molar-refractivity contribution in [3.63, 3.8) is 0 Å². The number of nitriles is 1. The second kappa shape index (κ2) is 7.24. The molecule has 1 rings (SSSR count). The molecule has 1 atom stereocenters. The molecule has 0 unspecified atom stereocenters. The van der Waals surface area contributed by atoms with Crippen LogP contribution in [0.2, 0.25) is 0 Å². The van der Waals surface area contributed by atoms with Crippen molar-refractivity contribution in [1.82, 2.24) is 0 Å². The third-order valence-electron chi connectivity index (χ3n) is 2.33. The topological polar surface area (TPSA) is 62.5 Å². The van der Waals surface area contributed by atoms with Gasteiger partial charge in [-0.3, -0.25) is 0 Å².